The molecule has 0 spiro atoms. The van der Waals surface area contributed by atoms with Gasteiger partial charge in [0.05, 0.1) is 11.3 Å². The van der Waals surface area contributed by atoms with Crippen molar-refractivity contribution in [1.82, 2.24) is 5.32 Å². The number of nitrogen functional groups attached to an aromatic ring is 1. The van der Waals surface area contributed by atoms with Gasteiger partial charge >= 0.3 is 0 Å². The van der Waals surface area contributed by atoms with Gasteiger partial charge in [0.1, 0.15) is 0 Å². The fourth-order valence-electron chi connectivity index (χ4n) is 2.01. The van der Waals surface area contributed by atoms with Gasteiger partial charge in [0, 0.05) is 22.9 Å². The third-order valence-electron chi connectivity index (χ3n) is 3.16. The highest BCUT2D eigenvalue weighted by molar-refractivity contribution is 6.31. The van der Waals surface area contributed by atoms with E-state index in [0.29, 0.717) is 28.5 Å². The highest BCUT2D eigenvalue weighted by atomic mass is 35.5. The third kappa shape index (κ3) is 3.47. The second kappa shape index (κ2) is 6.50. The van der Waals surface area contributed by atoms with Gasteiger partial charge in [0.25, 0.3) is 5.91 Å². The van der Waals surface area contributed by atoms with Gasteiger partial charge in [-0.05, 0) is 49.7 Å². The van der Waals surface area contributed by atoms with Gasteiger partial charge < -0.3 is 16.4 Å². The molecular formula is C16H18ClN3O. The molecule has 2 rings (SSSR count). The summed E-state index contributed by atoms with van der Waals surface area (Å²) < 4.78 is 0. The molecule has 0 heterocycles. The number of hydrogen-bond donors (Lipinski definition) is 3. The minimum atomic E-state index is -0.139. The maximum Gasteiger partial charge on any atom is 0.253 e. The number of anilines is 3. The molecule has 2 aromatic carbocycles. The van der Waals surface area contributed by atoms with Crippen LogP contribution in [0.2, 0.25) is 5.02 Å². The number of amides is 1. The molecule has 0 saturated heterocycles. The Hall–Kier alpha value is -2.20. The summed E-state index contributed by atoms with van der Waals surface area (Å²) in [5.41, 5.74) is 9.38. The average molecular weight is 304 g/mol. The number of nitrogens with one attached hydrogen (secondary N) is 2. The fourth-order valence-corrected chi connectivity index (χ4v) is 2.18. The van der Waals surface area contributed by atoms with Gasteiger partial charge in [-0.1, -0.05) is 17.7 Å². The number of carbonyl (C=O) groups is 1. The van der Waals surface area contributed by atoms with Crippen LogP contribution in [0.1, 0.15) is 22.8 Å². The van der Waals surface area contributed by atoms with E-state index in [4.69, 9.17) is 17.3 Å². The largest absolute Gasteiger partial charge is 0.399 e. The van der Waals surface area contributed by atoms with E-state index in [0.717, 1.165) is 11.3 Å². The van der Waals surface area contributed by atoms with Gasteiger partial charge in [-0.15, -0.1) is 0 Å². The predicted octanol–water partition coefficient (Wildman–Crippen LogP) is 3.72. The van der Waals surface area contributed by atoms with Crippen LogP contribution in [0.25, 0.3) is 0 Å². The van der Waals surface area contributed by atoms with Crippen LogP contribution in [0.3, 0.4) is 0 Å². The Labute approximate surface area is 129 Å². The summed E-state index contributed by atoms with van der Waals surface area (Å²) >= 11 is 6.12. The van der Waals surface area contributed by atoms with Crippen molar-refractivity contribution in [2.24, 2.45) is 0 Å². The smallest absolute Gasteiger partial charge is 0.253 e. The van der Waals surface area contributed by atoms with Crippen LogP contribution >= 0.6 is 11.6 Å². The van der Waals surface area contributed by atoms with E-state index in [1.807, 2.05) is 32.0 Å². The Morgan fingerprint density at radius 1 is 1.24 bits per heavy atom. The standard InChI is InChI=1S/C16H18ClN3O/c1-3-19-16(21)12-8-7-11(18)9-15(12)20-14-6-4-5-13(17)10(14)2/h4-9,20H,3,18H2,1-2H3,(H,19,21). The SMILES string of the molecule is CCNC(=O)c1ccc(N)cc1Nc1cccc(Cl)c1C. The lowest BCUT2D eigenvalue weighted by atomic mass is 10.1. The number of carbonyl (C=O) groups excluding carboxylic acids is 1. The van der Waals surface area contributed by atoms with Crippen molar-refractivity contribution in [3.8, 4) is 0 Å². The van der Waals surface area contributed by atoms with E-state index in [2.05, 4.69) is 10.6 Å². The Morgan fingerprint density at radius 3 is 2.71 bits per heavy atom. The van der Waals surface area contributed by atoms with Crippen molar-refractivity contribution in [1.29, 1.82) is 0 Å². The van der Waals surface area contributed by atoms with Gasteiger partial charge in [-0.3, -0.25) is 4.79 Å². The second-order valence-corrected chi connectivity index (χ2v) is 5.11. The van der Waals surface area contributed by atoms with Crippen LogP contribution in [0.15, 0.2) is 36.4 Å². The van der Waals surface area contributed by atoms with E-state index in [1.54, 1.807) is 18.2 Å². The number of benzene rings is 2. The molecule has 0 aliphatic rings. The molecule has 0 saturated carbocycles. The Bertz CT molecular complexity index is 671. The van der Waals surface area contributed by atoms with Gasteiger partial charge in [-0.2, -0.15) is 0 Å². The highest BCUT2D eigenvalue weighted by Crippen LogP contribution is 2.29. The van der Waals surface area contributed by atoms with Crippen molar-refractivity contribution < 1.29 is 4.79 Å². The van der Waals surface area contributed by atoms with Crippen LogP contribution in [0.4, 0.5) is 17.1 Å². The van der Waals surface area contributed by atoms with E-state index in [9.17, 15) is 4.79 Å². The summed E-state index contributed by atoms with van der Waals surface area (Å²) in [5.74, 6) is -0.139. The molecule has 5 heteroatoms. The molecule has 21 heavy (non-hydrogen) atoms. The summed E-state index contributed by atoms with van der Waals surface area (Å²) in [6.07, 6.45) is 0. The van der Waals surface area contributed by atoms with Crippen molar-refractivity contribution in [2.75, 3.05) is 17.6 Å². The van der Waals surface area contributed by atoms with Gasteiger partial charge in [0.2, 0.25) is 0 Å². The molecule has 0 atom stereocenters. The highest BCUT2D eigenvalue weighted by Gasteiger charge is 2.12. The minimum absolute atomic E-state index is 0.139. The van der Waals surface area contributed by atoms with Crippen LogP contribution in [0.5, 0.6) is 0 Å². The Kier molecular flexibility index (Phi) is 4.70. The van der Waals surface area contributed by atoms with Crippen molar-refractivity contribution in [3.63, 3.8) is 0 Å². The zero-order valence-electron chi connectivity index (χ0n) is 12.0. The number of hydrogen-bond acceptors (Lipinski definition) is 3. The monoisotopic (exact) mass is 303 g/mol. The summed E-state index contributed by atoms with van der Waals surface area (Å²) in [6, 6.07) is 10.8. The second-order valence-electron chi connectivity index (χ2n) is 4.70. The lowest BCUT2D eigenvalue weighted by molar-refractivity contribution is 0.0956. The lowest BCUT2D eigenvalue weighted by Gasteiger charge is -2.15. The van der Waals surface area contributed by atoms with Crippen molar-refractivity contribution >= 4 is 34.6 Å². The van der Waals surface area contributed by atoms with E-state index in [1.165, 1.54) is 0 Å². The molecule has 0 aliphatic carbocycles. The van der Waals surface area contributed by atoms with Crippen LogP contribution < -0.4 is 16.4 Å². The van der Waals surface area contributed by atoms with Gasteiger partial charge in [0.15, 0.2) is 0 Å². The fraction of sp³-hybridized carbons (Fsp3) is 0.188. The van der Waals surface area contributed by atoms with Crippen LogP contribution in [-0.4, -0.2) is 12.5 Å². The number of rotatable bonds is 4. The zero-order valence-corrected chi connectivity index (χ0v) is 12.8. The molecule has 0 fully saturated rings. The van der Waals surface area contributed by atoms with Crippen LogP contribution in [0, 0.1) is 6.92 Å². The number of nitrogens with two attached hydrogens (primary N) is 1. The van der Waals surface area contributed by atoms with E-state index < -0.39 is 0 Å². The first kappa shape index (κ1) is 15.2. The molecular weight excluding hydrogens is 286 g/mol. The first-order valence-electron chi connectivity index (χ1n) is 6.72. The molecule has 0 aromatic heterocycles. The van der Waals surface area contributed by atoms with E-state index >= 15 is 0 Å². The minimum Gasteiger partial charge on any atom is -0.399 e. The summed E-state index contributed by atoms with van der Waals surface area (Å²) in [6.45, 7) is 4.37. The molecule has 4 N–H and O–H groups in total. The first-order chi connectivity index (χ1) is 10.0. The molecule has 4 nitrogen and oxygen atoms in total. The molecule has 2 aromatic rings. The van der Waals surface area contributed by atoms with Gasteiger partial charge in [-0.25, -0.2) is 0 Å². The molecule has 110 valence electrons. The van der Waals surface area contributed by atoms with Crippen molar-refractivity contribution in [2.45, 2.75) is 13.8 Å². The Balaban J connectivity index is 2.41. The lowest BCUT2D eigenvalue weighted by Crippen LogP contribution is -2.23. The zero-order chi connectivity index (χ0) is 15.4. The molecule has 0 aliphatic heterocycles. The normalized spacial score (nSPS) is 10.2. The molecule has 0 bridgehead atoms. The maximum atomic E-state index is 12.1. The first-order valence-corrected chi connectivity index (χ1v) is 7.10. The summed E-state index contributed by atoms with van der Waals surface area (Å²) in [5, 5.41) is 6.69. The van der Waals surface area contributed by atoms with Crippen LogP contribution in [-0.2, 0) is 0 Å². The summed E-state index contributed by atoms with van der Waals surface area (Å²) in [4.78, 5) is 12.1. The summed E-state index contributed by atoms with van der Waals surface area (Å²) in [7, 11) is 0. The average Bonchev–Trinajstić information content (AvgIpc) is 2.44. The molecule has 1 amide bonds. The van der Waals surface area contributed by atoms with Crippen molar-refractivity contribution in [3.05, 3.63) is 52.5 Å². The Morgan fingerprint density at radius 2 is 2.00 bits per heavy atom. The quantitative estimate of drug-likeness (QED) is 0.754. The topological polar surface area (TPSA) is 67.2 Å². The number of halogens is 1. The third-order valence-corrected chi connectivity index (χ3v) is 3.57. The predicted molar refractivity (Wildman–Crippen MR) is 88.3 cm³/mol. The van der Waals surface area contributed by atoms with E-state index in [-0.39, 0.29) is 5.91 Å². The molecule has 0 unspecified atom stereocenters. The maximum absolute atomic E-state index is 12.1. The molecule has 0 radical (unpaired) electrons.